The molecule has 0 aromatic heterocycles. The summed E-state index contributed by atoms with van der Waals surface area (Å²) in [4.78, 5) is 12.9. The fraction of sp³-hybridized carbons (Fsp3) is 0.833. The zero-order chi connectivity index (χ0) is 7.40. The molecule has 0 radical (unpaired) electrons. The Balaban J connectivity index is 2.31. The van der Waals surface area contributed by atoms with Gasteiger partial charge in [-0.05, 0) is 6.32 Å². The van der Waals surface area contributed by atoms with Crippen LogP contribution in [-0.4, -0.2) is 45.0 Å². The molecule has 10 heavy (non-hydrogen) atoms. The first-order valence-electron chi connectivity index (χ1n) is 3.70. The Morgan fingerprint density at radius 2 is 2.10 bits per heavy atom. The molecule has 0 unspecified atom stereocenters. The summed E-state index contributed by atoms with van der Waals surface area (Å²) in [5, 5.41) is 0. The number of amides is 1. The predicted octanol–water partition coefficient (Wildman–Crippen LogP) is -1.10. The Morgan fingerprint density at radius 1 is 1.50 bits per heavy atom. The third-order valence-corrected chi connectivity index (χ3v) is 1.67. The summed E-state index contributed by atoms with van der Waals surface area (Å²) < 4.78 is 5.10. The Morgan fingerprint density at radius 3 is 2.60 bits per heavy atom. The van der Waals surface area contributed by atoms with Gasteiger partial charge in [0, 0.05) is 13.1 Å². The highest BCUT2D eigenvalue weighted by atomic mass is 16.5. The van der Waals surface area contributed by atoms with Crippen LogP contribution >= 0.6 is 0 Å². The highest BCUT2D eigenvalue weighted by molar-refractivity contribution is 6.19. The number of nitrogens with zero attached hydrogens (tertiary/aromatic N) is 1. The molecule has 4 heteroatoms. The summed E-state index contributed by atoms with van der Waals surface area (Å²) >= 11 is 0. The number of hydrogen-bond donors (Lipinski definition) is 0. The molecule has 1 saturated heterocycles. The van der Waals surface area contributed by atoms with Crippen LogP contribution in [0.5, 0.6) is 0 Å². The maximum Gasteiger partial charge on any atom is 0.214 e. The van der Waals surface area contributed by atoms with Crippen molar-refractivity contribution in [3.8, 4) is 0 Å². The van der Waals surface area contributed by atoms with Gasteiger partial charge in [0.25, 0.3) is 0 Å². The lowest BCUT2D eigenvalue weighted by Crippen LogP contribution is -2.40. The van der Waals surface area contributed by atoms with Crippen molar-refractivity contribution in [3.05, 3.63) is 0 Å². The molecule has 0 saturated carbocycles. The molecular weight excluding hydrogens is 129 g/mol. The lowest BCUT2D eigenvalue weighted by molar-refractivity contribution is -0.132. The topological polar surface area (TPSA) is 29.5 Å². The Hall–Kier alpha value is -0.505. The van der Waals surface area contributed by atoms with E-state index in [2.05, 4.69) is 0 Å². The van der Waals surface area contributed by atoms with E-state index >= 15 is 0 Å². The second kappa shape index (κ2) is 3.61. The van der Waals surface area contributed by atoms with E-state index in [1.807, 2.05) is 12.7 Å². The van der Waals surface area contributed by atoms with E-state index in [1.165, 1.54) is 0 Å². The molecule has 1 heterocycles. The first-order chi connectivity index (χ1) is 4.84. The summed E-state index contributed by atoms with van der Waals surface area (Å²) in [6.45, 7) is 2.94. The van der Waals surface area contributed by atoms with Gasteiger partial charge in [0.05, 0.1) is 13.2 Å². The first kappa shape index (κ1) is 7.60. The van der Waals surface area contributed by atoms with E-state index in [1.54, 1.807) is 0 Å². The summed E-state index contributed by atoms with van der Waals surface area (Å²) in [5.41, 5.74) is 0. The second-order valence-electron chi connectivity index (χ2n) is 2.35. The molecule has 1 rings (SSSR count). The van der Waals surface area contributed by atoms with Gasteiger partial charge in [-0.25, -0.2) is 0 Å². The highest BCUT2D eigenvalue weighted by Crippen LogP contribution is 1.98. The summed E-state index contributed by atoms with van der Waals surface area (Å²) in [6.07, 6.45) is 0.611. The van der Waals surface area contributed by atoms with Gasteiger partial charge in [0.2, 0.25) is 5.91 Å². The third-order valence-electron chi connectivity index (χ3n) is 1.67. The Kier molecular flexibility index (Phi) is 2.74. The number of rotatable bonds is 1. The molecule has 0 spiro atoms. The zero-order valence-electron chi connectivity index (χ0n) is 6.30. The first-order valence-corrected chi connectivity index (χ1v) is 3.70. The van der Waals surface area contributed by atoms with E-state index in [-0.39, 0.29) is 5.91 Å². The van der Waals surface area contributed by atoms with Gasteiger partial charge < -0.3 is 9.64 Å². The molecule has 0 aromatic rings. The molecule has 0 aliphatic carbocycles. The van der Waals surface area contributed by atoms with Crippen LogP contribution in [0.15, 0.2) is 0 Å². The standard InChI is InChI=1S/C6H12BNO2/c7-5-6(9)8-1-3-10-4-2-8/h1-5,7H2. The van der Waals surface area contributed by atoms with Crippen LogP contribution in [0.25, 0.3) is 0 Å². The molecule has 1 aliphatic rings. The number of morpholine rings is 1. The van der Waals surface area contributed by atoms with Gasteiger partial charge >= 0.3 is 0 Å². The monoisotopic (exact) mass is 141 g/mol. The molecule has 1 aliphatic heterocycles. The number of hydrogen-bond acceptors (Lipinski definition) is 2. The van der Waals surface area contributed by atoms with Gasteiger partial charge in [-0.1, -0.05) is 0 Å². The highest BCUT2D eigenvalue weighted by Gasteiger charge is 2.13. The van der Waals surface area contributed by atoms with Crippen LogP contribution in [0, 0.1) is 0 Å². The normalized spacial score (nSPS) is 19.0. The van der Waals surface area contributed by atoms with Crippen molar-refractivity contribution in [2.45, 2.75) is 6.32 Å². The van der Waals surface area contributed by atoms with Gasteiger partial charge in [-0.15, -0.1) is 0 Å². The van der Waals surface area contributed by atoms with Crippen LogP contribution < -0.4 is 0 Å². The molecule has 1 amide bonds. The minimum Gasteiger partial charge on any atom is -0.378 e. The number of carbonyl (C=O) groups excluding carboxylic acids is 1. The SMILES string of the molecule is BCC(=O)N1CCOCC1. The van der Waals surface area contributed by atoms with E-state index in [0.29, 0.717) is 19.5 Å². The quantitative estimate of drug-likeness (QED) is 0.433. The van der Waals surface area contributed by atoms with E-state index in [0.717, 1.165) is 13.1 Å². The van der Waals surface area contributed by atoms with Gasteiger partial charge in [-0.3, -0.25) is 4.79 Å². The van der Waals surface area contributed by atoms with Crippen LogP contribution in [0.1, 0.15) is 0 Å². The van der Waals surface area contributed by atoms with Crippen molar-refractivity contribution in [2.75, 3.05) is 26.3 Å². The minimum atomic E-state index is 0.239. The maximum absolute atomic E-state index is 11.0. The lowest BCUT2D eigenvalue weighted by atomic mass is 10.0. The maximum atomic E-state index is 11.0. The lowest BCUT2D eigenvalue weighted by Gasteiger charge is -2.26. The molecule has 3 nitrogen and oxygen atoms in total. The van der Waals surface area contributed by atoms with Gasteiger partial charge in [-0.2, -0.15) is 0 Å². The smallest absolute Gasteiger partial charge is 0.214 e. The van der Waals surface area contributed by atoms with Gasteiger partial charge in [0.15, 0.2) is 0 Å². The fourth-order valence-electron chi connectivity index (χ4n) is 1.04. The fourth-order valence-corrected chi connectivity index (χ4v) is 1.04. The molecule has 0 aromatic carbocycles. The van der Waals surface area contributed by atoms with Crippen molar-refractivity contribution in [3.63, 3.8) is 0 Å². The van der Waals surface area contributed by atoms with Crippen LogP contribution in [0.4, 0.5) is 0 Å². The Bertz CT molecular complexity index is 123. The predicted molar refractivity (Wildman–Crippen MR) is 40.8 cm³/mol. The van der Waals surface area contributed by atoms with E-state index in [4.69, 9.17) is 4.74 Å². The molecular formula is C6H12BNO2. The number of carbonyl (C=O) groups is 1. The van der Waals surface area contributed by atoms with Crippen molar-refractivity contribution < 1.29 is 9.53 Å². The molecule has 56 valence electrons. The minimum absolute atomic E-state index is 0.239. The molecule has 0 atom stereocenters. The molecule has 0 N–H and O–H groups in total. The molecule has 0 bridgehead atoms. The largest absolute Gasteiger partial charge is 0.378 e. The van der Waals surface area contributed by atoms with E-state index in [9.17, 15) is 4.79 Å². The average molecular weight is 141 g/mol. The summed E-state index contributed by atoms with van der Waals surface area (Å²) in [7, 11) is 1.89. The van der Waals surface area contributed by atoms with Crippen molar-refractivity contribution in [1.29, 1.82) is 0 Å². The van der Waals surface area contributed by atoms with E-state index < -0.39 is 0 Å². The zero-order valence-corrected chi connectivity index (χ0v) is 6.30. The van der Waals surface area contributed by atoms with Crippen LogP contribution in [-0.2, 0) is 9.53 Å². The second-order valence-corrected chi connectivity index (χ2v) is 2.35. The van der Waals surface area contributed by atoms with Crippen LogP contribution in [0.2, 0.25) is 6.32 Å². The van der Waals surface area contributed by atoms with Gasteiger partial charge in [0.1, 0.15) is 7.85 Å². The Labute approximate surface area is 61.7 Å². The van der Waals surface area contributed by atoms with Crippen LogP contribution in [0.3, 0.4) is 0 Å². The summed E-state index contributed by atoms with van der Waals surface area (Å²) in [5.74, 6) is 0.239. The third kappa shape index (κ3) is 1.74. The van der Waals surface area contributed by atoms with Crippen molar-refractivity contribution in [1.82, 2.24) is 4.90 Å². The average Bonchev–Trinajstić information content (AvgIpc) is 2.05. The number of ether oxygens (including phenoxy) is 1. The summed E-state index contributed by atoms with van der Waals surface area (Å²) in [6, 6.07) is 0. The van der Waals surface area contributed by atoms with Crippen molar-refractivity contribution in [2.24, 2.45) is 0 Å². The van der Waals surface area contributed by atoms with Crippen molar-refractivity contribution >= 4 is 13.8 Å². The molecule has 1 fully saturated rings.